The number of hydrogen-bond donors (Lipinski definition) is 2. The Bertz CT molecular complexity index is 1210. The first-order chi connectivity index (χ1) is 15.3. The van der Waals surface area contributed by atoms with Crippen molar-refractivity contribution < 1.29 is 24.3 Å². The lowest BCUT2D eigenvalue weighted by atomic mass is 9.82. The number of nitrogens with zero attached hydrogens (tertiary/aromatic N) is 4. The number of hydrogen-bond acceptors (Lipinski definition) is 7. The van der Waals surface area contributed by atoms with E-state index in [-0.39, 0.29) is 29.9 Å². The number of aliphatic hydroxyl groups is 1. The number of aromatic nitrogens is 3. The zero-order chi connectivity index (χ0) is 22.2. The van der Waals surface area contributed by atoms with Gasteiger partial charge in [0.1, 0.15) is 17.3 Å². The molecule has 2 saturated carbocycles. The number of imide groups is 2. The Morgan fingerprint density at radius 1 is 1.06 bits per heavy atom. The second kappa shape index (κ2) is 6.55. The van der Waals surface area contributed by atoms with E-state index in [1.165, 1.54) is 10.7 Å². The number of fused-ring (bicyclic) bond motifs is 3. The number of carbonyl (C=O) groups excluding carboxylic acids is 4. The SMILES string of the molecule is O=C1CCC(N2C(=O)c3ccc(-n4cc(C5(O)CC6CCC5C6)nn4)cc3C2=O)C(=O)N1. The fraction of sp³-hybridized carbons (Fsp3) is 0.455. The van der Waals surface area contributed by atoms with Crippen LogP contribution in [0.15, 0.2) is 24.4 Å². The summed E-state index contributed by atoms with van der Waals surface area (Å²) in [7, 11) is 0. The molecule has 10 heteroatoms. The van der Waals surface area contributed by atoms with E-state index in [1.807, 2.05) is 0 Å². The summed E-state index contributed by atoms with van der Waals surface area (Å²) in [4.78, 5) is 50.4. The highest BCUT2D eigenvalue weighted by Gasteiger charge is 2.52. The van der Waals surface area contributed by atoms with E-state index in [4.69, 9.17) is 0 Å². The number of piperidine rings is 1. The lowest BCUT2D eigenvalue weighted by molar-refractivity contribution is -0.136. The van der Waals surface area contributed by atoms with Crippen LogP contribution in [-0.4, -0.2) is 54.7 Å². The second-order valence-corrected chi connectivity index (χ2v) is 9.23. The van der Waals surface area contributed by atoms with Crippen LogP contribution >= 0.6 is 0 Å². The molecule has 3 fully saturated rings. The van der Waals surface area contributed by atoms with Gasteiger partial charge in [0, 0.05) is 6.42 Å². The molecule has 0 spiro atoms. The maximum absolute atomic E-state index is 13.0. The third-order valence-electron chi connectivity index (χ3n) is 7.44. The van der Waals surface area contributed by atoms with Gasteiger partial charge in [-0.2, -0.15) is 0 Å². The van der Waals surface area contributed by atoms with Crippen molar-refractivity contribution in [3.8, 4) is 5.69 Å². The maximum Gasteiger partial charge on any atom is 0.262 e. The van der Waals surface area contributed by atoms with Crippen LogP contribution in [0.3, 0.4) is 0 Å². The molecule has 32 heavy (non-hydrogen) atoms. The van der Waals surface area contributed by atoms with Crippen molar-refractivity contribution in [2.24, 2.45) is 11.8 Å². The minimum atomic E-state index is -1.01. The molecular weight excluding hydrogens is 414 g/mol. The molecule has 2 bridgehead atoms. The Balaban J connectivity index is 1.30. The molecule has 3 heterocycles. The molecule has 6 rings (SSSR count). The highest BCUT2D eigenvalue weighted by molar-refractivity contribution is 6.23. The normalized spacial score (nSPS) is 31.4. The number of benzene rings is 1. The first-order valence-electron chi connectivity index (χ1n) is 10.9. The van der Waals surface area contributed by atoms with Gasteiger partial charge in [-0.25, -0.2) is 4.68 Å². The van der Waals surface area contributed by atoms with Crippen LogP contribution in [0.25, 0.3) is 5.69 Å². The van der Waals surface area contributed by atoms with Crippen molar-refractivity contribution in [3.05, 3.63) is 41.2 Å². The Hall–Kier alpha value is -3.40. The summed E-state index contributed by atoms with van der Waals surface area (Å²) in [5.74, 6) is -1.47. The summed E-state index contributed by atoms with van der Waals surface area (Å²) >= 11 is 0. The monoisotopic (exact) mass is 435 g/mol. The molecule has 4 aliphatic rings. The van der Waals surface area contributed by atoms with E-state index in [0.717, 1.165) is 24.2 Å². The standard InChI is InChI=1S/C22H21N5O5/c28-18-6-5-16(19(29)23-18)27-20(30)14-4-3-13(8-15(14)21(27)31)26-10-17(24-25-26)22(32)9-11-1-2-12(22)7-11/h3-4,8,10-12,16,32H,1-2,5-7,9H2,(H,23,28,29). The third-order valence-corrected chi connectivity index (χ3v) is 7.44. The molecule has 4 amide bonds. The number of rotatable bonds is 3. The van der Waals surface area contributed by atoms with E-state index < -0.39 is 35.3 Å². The quantitative estimate of drug-likeness (QED) is 0.677. The zero-order valence-corrected chi connectivity index (χ0v) is 17.2. The average molecular weight is 435 g/mol. The fourth-order valence-corrected chi connectivity index (χ4v) is 5.80. The van der Waals surface area contributed by atoms with E-state index in [1.54, 1.807) is 18.3 Å². The molecule has 4 unspecified atom stereocenters. The predicted molar refractivity (Wildman–Crippen MR) is 107 cm³/mol. The Morgan fingerprint density at radius 3 is 2.59 bits per heavy atom. The molecule has 164 valence electrons. The van der Waals surface area contributed by atoms with Gasteiger partial charge >= 0.3 is 0 Å². The van der Waals surface area contributed by atoms with Gasteiger partial charge in [0.25, 0.3) is 11.8 Å². The van der Waals surface area contributed by atoms with Crippen molar-refractivity contribution in [1.82, 2.24) is 25.2 Å². The van der Waals surface area contributed by atoms with Crippen molar-refractivity contribution in [1.29, 1.82) is 0 Å². The average Bonchev–Trinajstić information content (AvgIpc) is 3.54. The van der Waals surface area contributed by atoms with Gasteiger partial charge in [-0.15, -0.1) is 5.10 Å². The van der Waals surface area contributed by atoms with Crippen LogP contribution in [0.5, 0.6) is 0 Å². The highest BCUT2D eigenvalue weighted by atomic mass is 16.3. The molecule has 10 nitrogen and oxygen atoms in total. The van der Waals surface area contributed by atoms with Gasteiger partial charge in [0.2, 0.25) is 11.8 Å². The topological polar surface area (TPSA) is 134 Å². The highest BCUT2D eigenvalue weighted by Crippen LogP contribution is 2.55. The Morgan fingerprint density at radius 2 is 1.88 bits per heavy atom. The summed E-state index contributed by atoms with van der Waals surface area (Å²) < 4.78 is 1.49. The van der Waals surface area contributed by atoms with Crippen molar-refractivity contribution in [2.75, 3.05) is 0 Å². The van der Waals surface area contributed by atoms with Crippen LogP contribution in [0.2, 0.25) is 0 Å². The largest absolute Gasteiger partial charge is 0.383 e. The summed E-state index contributed by atoms with van der Waals surface area (Å²) in [6.45, 7) is 0. The summed E-state index contributed by atoms with van der Waals surface area (Å²) in [6, 6.07) is 3.73. The molecule has 1 aromatic heterocycles. The number of carbonyl (C=O) groups is 4. The van der Waals surface area contributed by atoms with Crippen LogP contribution < -0.4 is 5.32 Å². The van der Waals surface area contributed by atoms with E-state index in [0.29, 0.717) is 23.7 Å². The molecule has 1 saturated heterocycles. The summed E-state index contributed by atoms with van der Waals surface area (Å²) in [5, 5.41) is 21.7. The Labute approximate surface area is 182 Å². The van der Waals surface area contributed by atoms with Gasteiger partial charge in [0.15, 0.2) is 0 Å². The number of amides is 4. The van der Waals surface area contributed by atoms with Crippen molar-refractivity contribution in [3.63, 3.8) is 0 Å². The smallest absolute Gasteiger partial charge is 0.262 e. The lowest BCUT2D eigenvalue weighted by Crippen LogP contribution is -2.54. The fourth-order valence-electron chi connectivity index (χ4n) is 5.80. The van der Waals surface area contributed by atoms with Gasteiger partial charge in [0.05, 0.1) is 23.0 Å². The van der Waals surface area contributed by atoms with Gasteiger partial charge < -0.3 is 5.11 Å². The molecule has 2 aromatic rings. The molecule has 2 aliphatic carbocycles. The zero-order valence-electron chi connectivity index (χ0n) is 17.2. The second-order valence-electron chi connectivity index (χ2n) is 9.23. The minimum Gasteiger partial charge on any atom is -0.383 e. The molecule has 0 radical (unpaired) electrons. The van der Waals surface area contributed by atoms with Gasteiger partial charge in [-0.05, 0) is 62.1 Å². The van der Waals surface area contributed by atoms with Crippen molar-refractivity contribution >= 4 is 23.6 Å². The minimum absolute atomic E-state index is 0.0710. The Kier molecular flexibility index (Phi) is 3.95. The molecular formula is C22H21N5O5. The molecule has 1 aromatic carbocycles. The van der Waals surface area contributed by atoms with Crippen LogP contribution in [0, 0.1) is 11.8 Å². The van der Waals surface area contributed by atoms with E-state index in [9.17, 15) is 24.3 Å². The van der Waals surface area contributed by atoms with Crippen LogP contribution in [-0.2, 0) is 15.2 Å². The number of nitrogens with one attached hydrogen (secondary N) is 1. The summed E-state index contributed by atoms with van der Waals surface area (Å²) in [6.07, 6.45) is 5.69. The van der Waals surface area contributed by atoms with Gasteiger partial charge in [-0.3, -0.25) is 29.4 Å². The van der Waals surface area contributed by atoms with Gasteiger partial charge in [-0.1, -0.05) is 5.21 Å². The molecule has 2 aliphatic heterocycles. The lowest BCUT2D eigenvalue weighted by Gasteiger charge is -2.30. The van der Waals surface area contributed by atoms with Crippen LogP contribution in [0.1, 0.15) is 64.9 Å². The molecule has 2 N–H and O–H groups in total. The van der Waals surface area contributed by atoms with E-state index >= 15 is 0 Å². The molecule has 4 atom stereocenters. The predicted octanol–water partition coefficient (Wildman–Crippen LogP) is 0.676. The first-order valence-corrected chi connectivity index (χ1v) is 10.9. The third kappa shape index (κ3) is 2.62. The van der Waals surface area contributed by atoms with E-state index in [2.05, 4.69) is 15.6 Å². The van der Waals surface area contributed by atoms with Crippen LogP contribution in [0.4, 0.5) is 0 Å². The maximum atomic E-state index is 13.0. The first kappa shape index (κ1) is 19.3. The van der Waals surface area contributed by atoms with Crippen molar-refractivity contribution in [2.45, 2.75) is 50.2 Å². The summed E-state index contributed by atoms with van der Waals surface area (Å²) in [5.41, 5.74) is 0.466.